The van der Waals surface area contributed by atoms with Gasteiger partial charge in [0, 0.05) is 30.4 Å². The van der Waals surface area contributed by atoms with Gasteiger partial charge in [0.2, 0.25) is 5.91 Å². The Morgan fingerprint density at radius 1 is 1.36 bits per heavy atom. The van der Waals surface area contributed by atoms with E-state index in [1.165, 1.54) is 24.1 Å². The van der Waals surface area contributed by atoms with Crippen LogP contribution in [0.2, 0.25) is 0 Å². The fraction of sp³-hybridized carbons (Fsp3) is 0.611. The molecule has 25 heavy (non-hydrogen) atoms. The monoisotopic (exact) mass is 376 g/mol. The number of nitrogens with zero attached hydrogens (tertiary/aromatic N) is 4. The van der Waals surface area contributed by atoms with Crippen molar-refractivity contribution in [3.8, 4) is 0 Å². The predicted molar refractivity (Wildman–Crippen MR) is 101 cm³/mol. The molecule has 3 heterocycles. The van der Waals surface area contributed by atoms with Crippen LogP contribution in [0.25, 0.3) is 0 Å². The van der Waals surface area contributed by atoms with Crippen molar-refractivity contribution in [2.24, 2.45) is 5.92 Å². The van der Waals surface area contributed by atoms with Gasteiger partial charge >= 0.3 is 0 Å². The average molecular weight is 377 g/mol. The number of carbonyl (C=O) groups is 1. The van der Waals surface area contributed by atoms with Crippen LogP contribution in [0.5, 0.6) is 0 Å². The van der Waals surface area contributed by atoms with Crippen molar-refractivity contribution in [2.45, 2.75) is 50.2 Å². The number of hydrogen-bond acceptors (Lipinski definition) is 5. The lowest BCUT2D eigenvalue weighted by Crippen LogP contribution is -2.40. The van der Waals surface area contributed by atoms with Crippen LogP contribution in [0, 0.1) is 5.92 Å². The third kappa shape index (κ3) is 4.08. The summed E-state index contributed by atoms with van der Waals surface area (Å²) in [6.45, 7) is 4.04. The Hall–Kier alpha value is -1.34. The van der Waals surface area contributed by atoms with E-state index >= 15 is 0 Å². The number of thioether (sulfide) groups is 1. The molecular formula is C18H24N4OS2. The maximum absolute atomic E-state index is 12.5. The highest BCUT2D eigenvalue weighted by molar-refractivity contribution is 7.99. The van der Waals surface area contributed by atoms with Crippen LogP contribution in [-0.4, -0.2) is 44.4 Å². The molecule has 5 nitrogen and oxygen atoms in total. The highest BCUT2D eigenvalue weighted by Crippen LogP contribution is 2.39. The number of amides is 1. The normalized spacial score (nSPS) is 20.8. The lowest BCUT2D eigenvalue weighted by Gasteiger charge is -2.30. The Balaban J connectivity index is 1.42. The maximum Gasteiger partial charge on any atom is 0.233 e. The standard InChI is InChI=1S/C18H24N4OS2/c1-13-4-2-8-21(11-13)17(23)12-25-18-20-19-16(22(18)14-6-7-14)10-15-5-3-9-24-15/h3,5,9,13-14H,2,4,6-8,10-12H2,1H3/t13-/m1/s1. The Kier molecular flexibility index (Phi) is 5.12. The third-order valence-corrected chi connectivity index (χ3v) is 6.70. The average Bonchev–Trinajstić information content (AvgIpc) is 3.16. The van der Waals surface area contributed by atoms with Gasteiger partial charge in [0.15, 0.2) is 5.16 Å². The molecule has 2 aromatic heterocycles. The van der Waals surface area contributed by atoms with Crippen molar-refractivity contribution in [3.05, 3.63) is 28.2 Å². The first-order valence-electron chi connectivity index (χ1n) is 9.07. The second-order valence-electron chi connectivity index (χ2n) is 7.13. The van der Waals surface area contributed by atoms with Crippen LogP contribution >= 0.6 is 23.1 Å². The molecule has 0 aromatic carbocycles. The van der Waals surface area contributed by atoms with Gasteiger partial charge in [-0.15, -0.1) is 21.5 Å². The molecule has 1 atom stereocenters. The number of rotatable bonds is 6. The van der Waals surface area contributed by atoms with E-state index in [0.29, 0.717) is 17.7 Å². The van der Waals surface area contributed by atoms with Gasteiger partial charge in [-0.3, -0.25) is 4.79 Å². The molecule has 0 radical (unpaired) electrons. The van der Waals surface area contributed by atoms with E-state index in [1.807, 2.05) is 4.90 Å². The molecule has 1 aliphatic heterocycles. The molecule has 0 spiro atoms. The zero-order valence-electron chi connectivity index (χ0n) is 14.6. The molecule has 1 aliphatic carbocycles. The summed E-state index contributed by atoms with van der Waals surface area (Å²) in [5, 5.41) is 11.8. The van der Waals surface area contributed by atoms with E-state index < -0.39 is 0 Å². The number of likely N-dealkylation sites (tertiary alicyclic amines) is 1. The fourth-order valence-electron chi connectivity index (χ4n) is 3.43. The molecule has 0 N–H and O–H groups in total. The second-order valence-corrected chi connectivity index (χ2v) is 9.11. The molecule has 7 heteroatoms. The van der Waals surface area contributed by atoms with Crippen molar-refractivity contribution >= 4 is 29.0 Å². The summed E-state index contributed by atoms with van der Waals surface area (Å²) in [4.78, 5) is 15.9. The Morgan fingerprint density at radius 3 is 2.96 bits per heavy atom. The molecule has 1 saturated carbocycles. The Morgan fingerprint density at radius 2 is 2.24 bits per heavy atom. The molecule has 1 amide bonds. The minimum absolute atomic E-state index is 0.238. The molecule has 0 bridgehead atoms. The lowest BCUT2D eigenvalue weighted by atomic mass is 10.0. The molecule has 4 rings (SSSR count). The minimum Gasteiger partial charge on any atom is -0.342 e. The topological polar surface area (TPSA) is 51.0 Å². The van der Waals surface area contributed by atoms with Gasteiger partial charge in [-0.05, 0) is 43.0 Å². The van der Waals surface area contributed by atoms with E-state index in [1.54, 1.807) is 23.1 Å². The summed E-state index contributed by atoms with van der Waals surface area (Å²) in [6, 6.07) is 4.74. The molecule has 134 valence electrons. The first-order chi connectivity index (χ1) is 12.2. The van der Waals surface area contributed by atoms with Gasteiger partial charge in [-0.2, -0.15) is 0 Å². The SMILES string of the molecule is C[C@@H]1CCCN(C(=O)CSc2nnc(Cc3cccs3)n2C2CC2)C1. The minimum atomic E-state index is 0.238. The van der Waals surface area contributed by atoms with E-state index in [-0.39, 0.29) is 5.91 Å². The van der Waals surface area contributed by atoms with Crippen LogP contribution < -0.4 is 0 Å². The van der Waals surface area contributed by atoms with Gasteiger partial charge in [-0.25, -0.2) is 0 Å². The quantitative estimate of drug-likeness (QED) is 0.723. The van der Waals surface area contributed by atoms with Crippen LogP contribution in [-0.2, 0) is 11.2 Å². The lowest BCUT2D eigenvalue weighted by molar-refractivity contribution is -0.130. The van der Waals surface area contributed by atoms with Gasteiger partial charge in [0.25, 0.3) is 0 Å². The summed E-state index contributed by atoms with van der Waals surface area (Å²) in [7, 11) is 0. The highest BCUT2D eigenvalue weighted by atomic mass is 32.2. The first kappa shape index (κ1) is 17.1. The summed E-state index contributed by atoms with van der Waals surface area (Å²) < 4.78 is 2.27. The van der Waals surface area contributed by atoms with Crippen LogP contribution in [0.15, 0.2) is 22.7 Å². The van der Waals surface area contributed by atoms with Gasteiger partial charge in [0.1, 0.15) is 5.82 Å². The van der Waals surface area contributed by atoms with E-state index in [2.05, 4.69) is 39.2 Å². The van der Waals surface area contributed by atoms with Crippen LogP contribution in [0.4, 0.5) is 0 Å². The van der Waals surface area contributed by atoms with E-state index in [0.717, 1.165) is 36.9 Å². The molecule has 2 aliphatic rings. The van der Waals surface area contributed by atoms with Crippen molar-refractivity contribution in [2.75, 3.05) is 18.8 Å². The third-order valence-electron chi connectivity index (χ3n) is 4.89. The van der Waals surface area contributed by atoms with Gasteiger partial charge in [-0.1, -0.05) is 24.8 Å². The first-order valence-corrected chi connectivity index (χ1v) is 10.9. The zero-order chi connectivity index (χ0) is 17.2. The van der Waals surface area contributed by atoms with Gasteiger partial charge in [0.05, 0.1) is 5.75 Å². The largest absolute Gasteiger partial charge is 0.342 e. The Bertz CT molecular complexity index is 724. The van der Waals surface area contributed by atoms with Crippen molar-refractivity contribution in [3.63, 3.8) is 0 Å². The van der Waals surface area contributed by atoms with Crippen LogP contribution in [0.3, 0.4) is 0 Å². The second kappa shape index (κ2) is 7.50. The molecular weight excluding hydrogens is 352 g/mol. The summed E-state index contributed by atoms with van der Waals surface area (Å²) in [5.41, 5.74) is 0. The maximum atomic E-state index is 12.5. The fourth-order valence-corrected chi connectivity index (χ4v) is 5.06. The van der Waals surface area contributed by atoms with Crippen LogP contribution in [0.1, 0.15) is 49.4 Å². The van der Waals surface area contributed by atoms with Crippen molar-refractivity contribution in [1.82, 2.24) is 19.7 Å². The zero-order valence-corrected chi connectivity index (χ0v) is 16.2. The van der Waals surface area contributed by atoms with Crippen molar-refractivity contribution in [1.29, 1.82) is 0 Å². The molecule has 1 saturated heterocycles. The smallest absolute Gasteiger partial charge is 0.233 e. The highest BCUT2D eigenvalue weighted by Gasteiger charge is 2.30. The summed E-state index contributed by atoms with van der Waals surface area (Å²) in [6.07, 6.45) is 5.58. The molecule has 2 fully saturated rings. The predicted octanol–water partition coefficient (Wildman–Crippen LogP) is 3.62. The number of piperidine rings is 1. The number of thiophene rings is 1. The molecule has 2 aromatic rings. The van der Waals surface area contributed by atoms with Gasteiger partial charge < -0.3 is 9.47 Å². The summed E-state index contributed by atoms with van der Waals surface area (Å²) in [5.74, 6) is 2.36. The molecule has 0 unspecified atom stereocenters. The summed E-state index contributed by atoms with van der Waals surface area (Å²) >= 11 is 3.31. The van der Waals surface area contributed by atoms with Crippen molar-refractivity contribution < 1.29 is 4.79 Å². The Labute approximate surface area is 156 Å². The van der Waals surface area contributed by atoms with E-state index in [4.69, 9.17) is 0 Å². The number of aromatic nitrogens is 3. The van der Waals surface area contributed by atoms with E-state index in [9.17, 15) is 4.79 Å². The number of hydrogen-bond donors (Lipinski definition) is 0. The number of carbonyl (C=O) groups excluding carboxylic acids is 1.